The predicted molar refractivity (Wildman–Crippen MR) is 60.5 cm³/mol. The first-order valence-corrected chi connectivity index (χ1v) is 5.47. The van der Waals surface area contributed by atoms with Crippen LogP contribution in [0.4, 0.5) is 8.78 Å². The van der Waals surface area contributed by atoms with Gasteiger partial charge in [-0.3, -0.25) is 0 Å². The van der Waals surface area contributed by atoms with E-state index in [0.29, 0.717) is 12.2 Å². The fraction of sp³-hybridized carbons (Fsp3) is 0.364. The minimum Gasteiger partial charge on any atom is -0.327 e. The zero-order chi connectivity index (χ0) is 13.1. The molecule has 1 aromatic heterocycles. The van der Waals surface area contributed by atoms with Crippen molar-refractivity contribution in [1.82, 2.24) is 20.2 Å². The first-order valence-electron chi connectivity index (χ1n) is 5.47. The van der Waals surface area contributed by atoms with Crippen LogP contribution in [0, 0.1) is 11.6 Å². The second kappa shape index (κ2) is 5.18. The molecule has 7 heteroatoms. The van der Waals surface area contributed by atoms with Crippen LogP contribution in [-0.4, -0.2) is 26.2 Å². The van der Waals surface area contributed by atoms with E-state index in [-0.39, 0.29) is 12.0 Å². The van der Waals surface area contributed by atoms with E-state index in [0.717, 1.165) is 0 Å². The van der Waals surface area contributed by atoms with Crippen molar-refractivity contribution in [2.45, 2.75) is 18.9 Å². The molecule has 5 nitrogen and oxygen atoms in total. The van der Waals surface area contributed by atoms with Crippen molar-refractivity contribution in [3.63, 3.8) is 0 Å². The van der Waals surface area contributed by atoms with Crippen LogP contribution in [-0.2, 0) is 19.9 Å². The molecule has 1 unspecified atom stereocenters. The Morgan fingerprint density at radius 2 is 1.94 bits per heavy atom. The Balaban J connectivity index is 2.05. The Labute approximate surface area is 103 Å². The summed E-state index contributed by atoms with van der Waals surface area (Å²) in [5.74, 6) is -0.711. The van der Waals surface area contributed by atoms with Gasteiger partial charge < -0.3 is 5.73 Å². The molecule has 2 rings (SSSR count). The molecule has 0 fully saturated rings. The number of tetrazole rings is 1. The van der Waals surface area contributed by atoms with Gasteiger partial charge in [0.1, 0.15) is 11.6 Å². The Morgan fingerprint density at radius 3 is 2.50 bits per heavy atom. The van der Waals surface area contributed by atoms with Crippen molar-refractivity contribution in [2.24, 2.45) is 12.8 Å². The van der Waals surface area contributed by atoms with Gasteiger partial charge in [-0.15, -0.1) is 10.2 Å². The zero-order valence-corrected chi connectivity index (χ0v) is 9.85. The number of nitrogens with two attached hydrogens (primary N) is 1. The molecule has 2 N–H and O–H groups in total. The number of halogens is 2. The summed E-state index contributed by atoms with van der Waals surface area (Å²) in [5, 5.41) is 11.4. The van der Waals surface area contributed by atoms with Gasteiger partial charge in [0, 0.05) is 18.0 Å². The molecule has 0 amide bonds. The van der Waals surface area contributed by atoms with E-state index in [1.807, 2.05) is 0 Å². The van der Waals surface area contributed by atoms with Crippen LogP contribution in [0.2, 0.25) is 0 Å². The minimum atomic E-state index is -0.586. The van der Waals surface area contributed by atoms with Crippen LogP contribution in [0.1, 0.15) is 11.4 Å². The van der Waals surface area contributed by atoms with Crippen LogP contribution in [0.3, 0.4) is 0 Å². The molecule has 2 aromatic rings. The molecule has 18 heavy (non-hydrogen) atoms. The van der Waals surface area contributed by atoms with Gasteiger partial charge in [-0.25, -0.2) is 8.78 Å². The third kappa shape index (κ3) is 2.86. The molecule has 0 spiro atoms. The lowest BCUT2D eigenvalue weighted by molar-refractivity contribution is 0.530. The highest BCUT2D eigenvalue weighted by Gasteiger charge is 2.15. The van der Waals surface area contributed by atoms with Crippen molar-refractivity contribution >= 4 is 0 Å². The molecule has 1 heterocycles. The van der Waals surface area contributed by atoms with Gasteiger partial charge in [-0.1, -0.05) is 6.07 Å². The predicted octanol–water partition coefficient (Wildman–Crippen LogP) is 0.601. The summed E-state index contributed by atoms with van der Waals surface area (Å²) in [5.41, 5.74) is 5.83. The van der Waals surface area contributed by atoms with E-state index in [1.165, 1.54) is 23.0 Å². The van der Waals surface area contributed by atoms with Gasteiger partial charge in [-0.05, 0) is 23.8 Å². The fourth-order valence-corrected chi connectivity index (χ4v) is 1.70. The maximum absolute atomic E-state index is 13.4. The van der Waals surface area contributed by atoms with Crippen molar-refractivity contribution in [1.29, 1.82) is 0 Å². The summed E-state index contributed by atoms with van der Waals surface area (Å²) in [7, 11) is 1.64. The molecule has 0 aliphatic heterocycles. The maximum atomic E-state index is 13.4. The van der Waals surface area contributed by atoms with Crippen molar-refractivity contribution < 1.29 is 8.78 Å². The number of hydrogen-bond donors (Lipinski definition) is 1. The summed E-state index contributed by atoms with van der Waals surface area (Å²) in [6, 6.07) is 3.29. The minimum absolute atomic E-state index is 0.00566. The van der Waals surface area contributed by atoms with Gasteiger partial charge in [0.15, 0.2) is 5.82 Å². The smallest absolute Gasteiger partial charge is 0.176 e. The molecule has 1 aromatic carbocycles. The van der Waals surface area contributed by atoms with Crippen LogP contribution >= 0.6 is 0 Å². The van der Waals surface area contributed by atoms with Gasteiger partial charge in [0.25, 0.3) is 0 Å². The monoisotopic (exact) mass is 253 g/mol. The van der Waals surface area contributed by atoms with Gasteiger partial charge in [0.05, 0.1) is 7.05 Å². The fourth-order valence-electron chi connectivity index (χ4n) is 1.70. The highest BCUT2D eigenvalue weighted by atomic mass is 19.1. The topological polar surface area (TPSA) is 69.6 Å². The summed E-state index contributed by atoms with van der Waals surface area (Å²) < 4.78 is 26.8. The Kier molecular flexibility index (Phi) is 3.61. The Morgan fingerprint density at radius 1 is 1.28 bits per heavy atom. The molecule has 0 aliphatic rings. The van der Waals surface area contributed by atoms with Crippen LogP contribution < -0.4 is 5.73 Å². The molecule has 1 atom stereocenters. The summed E-state index contributed by atoms with van der Waals surface area (Å²) in [4.78, 5) is 1.31. The average Bonchev–Trinajstić information content (AvgIpc) is 2.69. The van der Waals surface area contributed by atoms with E-state index in [9.17, 15) is 8.78 Å². The lowest BCUT2D eigenvalue weighted by atomic mass is 10.0. The number of aromatic nitrogens is 4. The number of rotatable bonds is 4. The number of aryl methyl sites for hydroxylation is 1. The molecule has 96 valence electrons. The van der Waals surface area contributed by atoms with Gasteiger partial charge >= 0.3 is 0 Å². The Hall–Kier alpha value is -1.89. The third-order valence-electron chi connectivity index (χ3n) is 2.52. The second-order valence-corrected chi connectivity index (χ2v) is 4.06. The van der Waals surface area contributed by atoms with Crippen molar-refractivity contribution in [3.05, 3.63) is 41.2 Å². The van der Waals surface area contributed by atoms with Crippen molar-refractivity contribution in [3.8, 4) is 0 Å². The second-order valence-electron chi connectivity index (χ2n) is 4.06. The lowest BCUT2D eigenvalue weighted by Gasteiger charge is -2.10. The van der Waals surface area contributed by atoms with Crippen molar-refractivity contribution in [2.75, 3.05) is 0 Å². The molecule has 0 bridgehead atoms. The van der Waals surface area contributed by atoms with Crippen LogP contribution in [0.5, 0.6) is 0 Å². The van der Waals surface area contributed by atoms with E-state index in [1.54, 1.807) is 7.05 Å². The van der Waals surface area contributed by atoms with Gasteiger partial charge in [-0.2, -0.15) is 4.80 Å². The first kappa shape index (κ1) is 12.6. The summed E-state index contributed by atoms with van der Waals surface area (Å²) in [6.45, 7) is 0. The normalized spacial score (nSPS) is 12.7. The Bertz CT molecular complexity index is 520. The standard InChI is InChI=1S/C11H13F2N5/c1-18-16-11(15-17-18)6-7(14)5-8-9(12)3-2-4-10(8)13/h2-4,7H,5-6,14H2,1H3. The lowest BCUT2D eigenvalue weighted by Crippen LogP contribution is -2.27. The molecule has 0 saturated carbocycles. The average molecular weight is 253 g/mol. The van der Waals surface area contributed by atoms with Crippen LogP contribution in [0.15, 0.2) is 18.2 Å². The number of hydrogen-bond acceptors (Lipinski definition) is 4. The zero-order valence-electron chi connectivity index (χ0n) is 9.85. The highest BCUT2D eigenvalue weighted by molar-refractivity contribution is 5.20. The van der Waals surface area contributed by atoms with Gasteiger partial charge in [0.2, 0.25) is 0 Å². The molecule has 0 saturated heterocycles. The quantitative estimate of drug-likeness (QED) is 0.866. The summed E-state index contributed by atoms with van der Waals surface area (Å²) in [6.07, 6.45) is 0.415. The maximum Gasteiger partial charge on any atom is 0.176 e. The highest BCUT2D eigenvalue weighted by Crippen LogP contribution is 2.14. The number of benzene rings is 1. The molecule has 0 aliphatic carbocycles. The largest absolute Gasteiger partial charge is 0.327 e. The van der Waals surface area contributed by atoms with E-state index in [2.05, 4.69) is 15.4 Å². The van der Waals surface area contributed by atoms with Crippen LogP contribution in [0.25, 0.3) is 0 Å². The first-order chi connectivity index (χ1) is 8.56. The number of nitrogens with zero attached hydrogens (tertiary/aromatic N) is 4. The SMILES string of the molecule is Cn1nnc(CC(N)Cc2c(F)cccc2F)n1. The third-order valence-corrected chi connectivity index (χ3v) is 2.52. The molecule has 0 radical (unpaired) electrons. The van der Waals surface area contributed by atoms with E-state index >= 15 is 0 Å². The molecular weight excluding hydrogens is 240 g/mol. The summed E-state index contributed by atoms with van der Waals surface area (Å²) >= 11 is 0. The van der Waals surface area contributed by atoms with E-state index in [4.69, 9.17) is 5.73 Å². The molecular formula is C11H13F2N5. The van der Waals surface area contributed by atoms with E-state index < -0.39 is 17.7 Å².